The van der Waals surface area contributed by atoms with Crippen molar-refractivity contribution >= 4 is 23.2 Å². The second-order valence-corrected chi connectivity index (χ2v) is 4.49. The number of nitrogens with two attached hydrogens (primary N) is 1. The van der Waals surface area contributed by atoms with Crippen LogP contribution in [0.3, 0.4) is 0 Å². The molecule has 0 heterocycles. The molecule has 14 heavy (non-hydrogen) atoms. The first-order valence-electron chi connectivity index (χ1n) is 4.29. The molecule has 0 aromatic heterocycles. The average molecular weight is 234 g/mol. The fourth-order valence-corrected chi connectivity index (χ4v) is 1.56. The van der Waals surface area contributed by atoms with Gasteiger partial charge in [-0.2, -0.15) is 0 Å². The summed E-state index contributed by atoms with van der Waals surface area (Å²) >= 11 is 11.8. The van der Waals surface area contributed by atoms with E-state index in [2.05, 4.69) is 0 Å². The highest BCUT2D eigenvalue weighted by Crippen LogP contribution is 2.27. The Kier molecular flexibility index (Phi) is 3.78. The number of hydrogen-bond donors (Lipinski definition) is 2. The van der Waals surface area contributed by atoms with Gasteiger partial charge >= 0.3 is 0 Å². The maximum absolute atomic E-state index is 9.01. The summed E-state index contributed by atoms with van der Waals surface area (Å²) in [6.45, 7) is 1.68. The molecular weight excluding hydrogens is 221 g/mol. The maximum Gasteiger partial charge on any atom is 0.0624 e. The Morgan fingerprint density at radius 2 is 2.07 bits per heavy atom. The lowest BCUT2D eigenvalue weighted by Crippen LogP contribution is -2.42. The summed E-state index contributed by atoms with van der Waals surface area (Å²) in [6, 6.07) is 5.40. The van der Waals surface area contributed by atoms with Crippen LogP contribution < -0.4 is 5.73 Å². The highest BCUT2D eigenvalue weighted by Gasteiger charge is 2.19. The van der Waals surface area contributed by atoms with E-state index in [9.17, 15) is 0 Å². The summed E-state index contributed by atoms with van der Waals surface area (Å²) in [5.41, 5.74) is 6.02. The van der Waals surface area contributed by atoms with Crippen molar-refractivity contribution in [3.63, 3.8) is 0 Å². The van der Waals surface area contributed by atoms with E-state index in [4.69, 9.17) is 34.0 Å². The van der Waals surface area contributed by atoms with Gasteiger partial charge in [-0.25, -0.2) is 0 Å². The molecule has 0 fully saturated rings. The molecule has 0 aliphatic rings. The number of rotatable bonds is 3. The number of aliphatic hydroxyl groups excluding tert-OH is 1. The van der Waals surface area contributed by atoms with E-state index in [1.807, 2.05) is 12.1 Å². The van der Waals surface area contributed by atoms with Gasteiger partial charge in [0.25, 0.3) is 0 Å². The van der Waals surface area contributed by atoms with E-state index in [0.717, 1.165) is 5.56 Å². The first-order valence-corrected chi connectivity index (χ1v) is 5.04. The SMILES string of the molecule is CC(N)(CO)Cc1cccc(Cl)c1Cl. The van der Waals surface area contributed by atoms with Crippen LogP contribution in [0.4, 0.5) is 0 Å². The van der Waals surface area contributed by atoms with Crippen molar-refractivity contribution in [3.05, 3.63) is 33.8 Å². The van der Waals surface area contributed by atoms with Crippen LogP contribution in [-0.4, -0.2) is 17.3 Å². The van der Waals surface area contributed by atoms with E-state index in [1.165, 1.54) is 0 Å². The van der Waals surface area contributed by atoms with Crippen LogP contribution in [-0.2, 0) is 6.42 Å². The third-order valence-corrected chi connectivity index (χ3v) is 2.85. The Morgan fingerprint density at radius 3 is 2.64 bits per heavy atom. The van der Waals surface area contributed by atoms with E-state index in [0.29, 0.717) is 16.5 Å². The van der Waals surface area contributed by atoms with Gasteiger partial charge in [0.2, 0.25) is 0 Å². The summed E-state index contributed by atoms with van der Waals surface area (Å²) in [7, 11) is 0. The Morgan fingerprint density at radius 1 is 1.43 bits per heavy atom. The molecule has 1 aromatic carbocycles. The molecule has 1 unspecified atom stereocenters. The van der Waals surface area contributed by atoms with Gasteiger partial charge in [-0.05, 0) is 25.0 Å². The molecule has 1 rings (SSSR count). The standard InChI is InChI=1S/C10H13Cl2NO/c1-10(13,6-14)5-7-3-2-4-8(11)9(7)12/h2-4,14H,5-6,13H2,1H3. The van der Waals surface area contributed by atoms with Crippen molar-refractivity contribution in [1.82, 2.24) is 0 Å². The number of benzene rings is 1. The smallest absolute Gasteiger partial charge is 0.0624 e. The lowest BCUT2D eigenvalue weighted by molar-refractivity contribution is 0.208. The molecule has 0 saturated heterocycles. The second kappa shape index (κ2) is 4.49. The van der Waals surface area contributed by atoms with E-state index in [1.54, 1.807) is 13.0 Å². The minimum atomic E-state index is -0.658. The van der Waals surface area contributed by atoms with E-state index < -0.39 is 5.54 Å². The molecule has 0 radical (unpaired) electrons. The molecule has 0 aliphatic carbocycles. The van der Waals surface area contributed by atoms with E-state index >= 15 is 0 Å². The number of hydrogen-bond acceptors (Lipinski definition) is 2. The maximum atomic E-state index is 9.01. The molecule has 3 N–H and O–H groups in total. The zero-order valence-corrected chi connectivity index (χ0v) is 9.44. The zero-order chi connectivity index (χ0) is 10.8. The summed E-state index contributed by atoms with van der Waals surface area (Å²) in [5.74, 6) is 0. The first kappa shape index (κ1) is 11.8. The Hall–Kier alpha value is -0.280. The quantitative estimate of drug-likeness (QED) is 0.842. The molecular formula is C10H13Cl2NO. The minimum Gasteiger partial charge on any atom is -0.394 e. The zero-order valence-electron chi connectivity index (χ0n) is 7.93. The molecule has 2 nitrogen and oxygen atoms in total. The largest absolute Gasteiger partial charge is 0.394 e. The van der Waals surface area contributed by atoms with Gasteiger partial charge in [0, 0.05) is 5.54 Å². The summed E-state index contributed by atoms with van der Waals surface area (Å²) in [5, 5.41) is 10.0. The van der Waals surface area contributed by atoms with Gasteiger partial charge < -0.3 is 10.8 Å². The molecule has 0 amide bonds. The molecule has 1 aromatic rings. The van der Waals surface area contributed by atoms with Crippen molar-refractivity contribution in [3.8, 4) is 0 Å². The lowest BCUT2D eigenvalue weighted by atomic mass is 9.95. The molecule has 0 bridgehead atoms. The molecule has 0 aliphatic heterocycles. The van der Waals surface area contributed by atoms with E-state index in [-0.39, 0.29) is 6.61 Å². The number of halogens is 2. The van der Waals surface area contributed by atoms with Gasteiger partial charge in [0.15, 0.2) is 0 Å². The predicted octanol–water partition coefficient (Wildman–Crippen LogP) is 2.25. The normalized spacial score (nSPS) is 15.2. The van der Waals surface area contributed by atoms with Crippen LogP contribution >= 0.6 is 23.2 Å². The Balaban J connectivity index is 2.92. The van der Waals surface area contributed by atoms with Crippen LogP contribution in [0.5, 0.6) is 0 Å². The Labute approximate surface area is 93.6 Å². The van der Waals surface area contributed by atoms with Crippen molar-refractivity contribution in [2.24, 2.45) is 5.73 Å². The highest BCUT2D eigenvalue weighted by atomic mass is 35.5. The topological polar surface area (TPSA) is 46.2 Å². The van der Waals surface area contributed by atoms with Gasteiger partial charge in [-0.15, -0.1) is 0 Å². The highest BCUT2D eigenvalue weighted by molar-refractivity contribution is 6.42. The molecule has 1 atom stereocenters. The third kappa shape index (κ3) is 2.85. The van der Waals surface area contributed by atoms with Crippen LogP contribution in [0, 0.1) is 0 Å². The summed E-state index contributed by atoms with van der Waals surface area (Å²) in [4.78, 5) is 0. The monoisotopic (exact) mass is 233 g/mol. The Bertz CT molecular complexity index is 326. The lowest BCUT2D eigenvalue weighted by Gasteiger charge is -2.22. The van der Waals surface area contributed by atoms with Gasteiger partial charge in [0.05, 0.1) is 16.7 Å². The van der Waals surface area contributed by atoms with Crippen LogP contribution in [0.1, 0.15) is 12.5 Å². The first-order chi connectivity index (χ1) is 6.46. The fourth-order valence-electron chi connectivity index (χ4n) is 1.18. The molecule has 0 saturated carbocycles. The fraction of sp³-hybridized carbons (Fsp3) is 0.400. The minimum absolute atomic E-state index is 0.0875. The van der Waals surface area contributed by atoms with Crippen LogP contribution in [0.25, 0.3) is 0 Å². The summed E-state index contributed by atoms with van der Waals surface area (Å²) in [6.07, 6.45) is 0.503. The van der Waals surface area contributed by atoms with Crippen LogP contribution in [0.15, 0.2) is 18.2 Å². The molecule has 4 heteroatoms. The second-order valence-electron chi connectivity index (χ2n) is 3.70. The van der Waals surface area contributed by atoms with Crippen molar-refractivity contribution in [1.29, 1.82) is 0 Å². The predicted molar refractivity (Wildman–Crippen MR) is 59.8 cm³/mol. The number of aliphatic hydroxyl groups is 1. The molecule has 0 spiro atoms. The van der Waals surface area contributed by atoms with Crippen molar-refractivity contribution in [2.75, 3.05) is 6.61 Å². The van der Waals surface area contributed by atoms with Crippen LogP contribution in [0.2, 0.25) is 10.0 Å². The molecule has 78 valence electrons. The van der Waals surface area contributed by atoms with Crippen molar-refractivity contribution < 1.29 is 5.11 Å². The average Bonchev–Trinajstić information content (AvgIpc) is 2.13. The van der Waals surface area contributed by atoms with Gasteiger partial charge in [0.1, 0.15) is 0 Å². The third-order valence-electron chi connectivity index (χ3n) is 1.99. The van der Waals surface area contributed by atoms with Gasteiger partial charge in [-0.3, -0.25) is 0 Å². The van der Waals surface area contributed by atoms with Gasteiger partial charge in [-0.1, -0.05) is 35.3 Å². The van der Waals surface area contributed by atoms with Crippen molar-refractivity contribution in [2.45, 2.75) is 18.9 Å². The summed E-state index contributed by atoms with van der Waals surface area (Å²) < 4.78 is 0.